The molecule has 0 fully saturated rings. The summed E-state index contributed by atoms with van der Waals surface area (Å²) in [4.78, 5) is 0. The molecule has 2 nitrogen and oxygen atoms in total. The highest BCUT2D eigenvalue weighted by atomic mass is 28.3. The lowest BCUT2D eigenvalue weighted by atomic mass is 10.0. The van der Waals surface area contributed by atoms with Gasteiger partial charge in [0.2, 0.25) is 0 Å². The van der Waals surface area contributed by atoms with Crippen LogP contribution in [0.4, 0.5) is 0 Å². The van der Waals surface area contributed by atoms with Crippen molar-refractivity contribution in [3.8, 4) is 22.6 Å². The smallest absolute Gasteiger partial charge is 0.126 e. The van der Waals surface area contributed by atoms with Gasteiger partial charge < -0.3 is 9.47 Å². The monoisotopic (exact) mass is 270 g/mol. The van der Waals surface area contributed by atoms with E-state index in [9.17, 15) is 0 Å². The van der Waals surface area contributed by atoms with Gasteiger partial charge in [0.05, 0.1) is 14.2 Å². The molecule has 0 saturated heterocycles. The van der Waals surface area contributed by atoms with Gasteiger partial charge in [-0.15, -0.1) is 0 Å². The zero-order valence-corrected chi connectivity index (χ0v) is 12.8. The molecular formula is C16H18O2Si. The van der Waals surface area contributed by atoms with Crippen LogP contribution < -0.4 is 19.8 Å². The van der Waals surface area contributed by atoms with Crippen molar-refractivity contribution in [2.24, 2.45) is 0 Å². The van der Waals surface area contributed by atoms with E-state index in [1.54, 1.807) is 14.2 Å². The normalized spacial score (nSPS) is 14.7. The van der Waals surface area contributed by atoms with Gasteiger partial charge in [-0.25, -0.2) is 0 Å². The van der Waals surface area contributed by atoms with Crippen LogP contribution in [0.3, 0.4) is 0 Å². The van der Waals surface area contributed by atoms with Gasteiger partial charge in [0.15, 0.2) is 0 Å². The molecule has 2 aromatic carbocycles. The molecule has 19 heavy (non-hydrogen) atoms. The summed E-state index contributed by atoms with van der Waals surface area (Å²) >= 11 is 0. The number of methoxy groups -OCH3 is 2. The summed E-state index contributed by atoms with van der Waals surface area (Å²) in [5.41, 5.74) is 2.46. The van der Waals surface area contributed by atoms with Gasteiger partial charge in [-0.1, -0.05) is 37.4 Å². The summed E-state index contributed by atoms with van der Waals surface area (Å²) in [5, 5.41) is 2.87. The van der Waals surface area contributed by atoms with Crippen molar-refractivity contribution in [3.63, 3.8) is 0 Å². The molecule has 0 aromatic heterocycles. The van der Waals surface area contributed by atoms with Gasteiger partial charge in [-0.05, 0) is 22.5 Å². The number of hydrogen-bond acceptors (Lipinski definition) is 2. The predicted molar refractivity (Wildman–Crippen MR) is 81.7 cm³/mol. The van der Waals surface area contributed by atoms with E-state index in [-0.39, 0.29) is 0 Å². The van der Waals surface area contributed by atoms with Crippen molar-refractivity contribution in [2.45, 2.75) is 13.1 Å². The van der Waals surface area contributed by atoms with Gasteiger partial charge in [0.25, 0.3) is 0 Å². The SMILES string of the molecule is COc1cccc2c1-c1c(OC)cccc1[Si]2(C)C. The molecule has 0 aliphatic carbocycles. The summed E-state index contributed by atoms with van der Waals surface area (Å²) in [5.74, 6) is 1.89. The maximum atomic E-state index is 5.57. The second-order valence-electron chi connectivity index (χ2n) is 5.39. The topological polar surface area (TPSA) is 18.5 Å². The molecule has 0 amide bonds. The second kappa shape index (κ2) is 4.13. The molecular weight excluding hydrogens is 252 g/mol. The van der Waals surface area contributed by atoms with Gasteiger partial charge >= 0.3 is 0 Å². The van der Waals surface area contributed by atoms with E-state index in [1.807, 2.05) is 12.1 Å². The Morgan fingerprint density at radius 1 is 0.737 bits per heavy atom. The largest absolute Gasteiger partial charge is 0.496 e. The Morgan fingerprint density at radius 2 is 1.16 bits per heavy atom. The fraction of sp³-hybridized carbons (Fsp3) is 0.250. The van der Waals surface area contributed by atoms with Gasteiger partial charge in [0.1, 0.15) is 19.6 Å². The fourth-order valence-corrected chi connectivity index (χ4v) is 6.17. The fourth-order valence-electron chi connectivity index (χ4n) is 3.10. The van der Waals surface area contributed by atoms with E-state index in [0.29, 0.717) is 0 Å². The first kappa shape index (κ1) is 12.3. The molecule has 1 aliphatic rings. The van der Waals surface area contributed by atoms with Crippen LogP contribution in [0.1, 0.15) is 0 Å². The van der Waals surface area contributed by atoms with Crippen molar-refractivity contribution in [1.29, 1.82) is 0 Å². The predicted octanol–water partition coefficient (Wildman–Crippen LogP) is 2.51. The molecule has 0 atom stereocenters. The Morgan fingerprint density at radius 3 is 1.53 bits per heavy atom. The first-order valence-electron chi connectivity index (χ1n) is 6.46. The maximum absolute atomic E-state index is 5.57. The lowest BCUT2D eigenvalue weighted by Crippen LogP contribution is -2.49. The Labute approximate surface area is 115 Å². The van der Waals surface area contributed by atoms with Crippen LogP contribution in [0.2, 0.25) is 13.1 Å². The molecule has 0 unspecified atom stereocenters. The minimum atomic E-state index is -1.64. The highest BCUT2D eigenvalue weighted by molar-refractivity contribution is 7.04. The van der Waals surface area contributed by atoms with E-state index in [4.69, 9.17) is 9.47 Å². The lowest BCUT2D eigenvalue weighted by Gasteiger charge is -2.18. The molecule has 1 heterocycles. The Balaban J connectivity index is 2.43. The molecule has 2 aromatic rings. The molecule has 3 heteroatoms. The van der Waals surface area contributed by atoms with Crippen molar-refractivity contribution in [3.05, 3.63) is 36.4 Å². The van der Waals surface area contributed by atoms with Crippen LogP contribution in [0.15, 0.2) is 36.4 Å². The highest BCUT2D eigenvalue weighted by Gasteiger charge is 2.40. The summed E-state index contributed by atoms with van der Waals surface area (Å²) in [6.45, 7) is 4.77. The maximum Gasteiger partial charge on any atom is 0.126 e. The molecule has 3 rings (SSSR count). The average molecular weight is 270 g/mol. The van der Waals surface area contributed by atoms with Crippen LogP contribution in [-0.2, 0) is 0 Å². The van der Waals surface area contributed by atoms with E-state index in [1.165, 1.54) is 21.5 Å². The molecule has 0 radical (unpaired) electrons. The van der Waals surface area contributed by atoms with Crippen molar-refractivity contribution < 1.29 is 9.47 Å². The third-order valence-corrected chi connectivity index (χ3v) is 7.62. The first-order chi connectivity index (χ1) is 9.11. The van der Waals surface area contributed by atoms with Gasteiger partial charge in [0, 0.05) is 11.1 Å². The molecule has 0 saturated carbocycles. The number of hydrogen-bond donors (Lipinski definition) is 0. The van der Waals surface area contributed by atoms with Crippen molar-refractivity contribution in [2.75, 3.05) is 14.2 Å². The second-order valence-corrected chi connectivity index (χ2v) is 9.72. The van der Waals surface area contributed by atoms with E-state index in [2.05, 4.69) is 37.4 Å². The van der Waals surface area contributed by atoms with Crippen LogP contribution in [0.25, 0.3) is 11.1 Å². The highest BCUT2D eigenvalue weighted by Crippen LogP contribution is 2.40. The van der Waals surface area contributed by atoms with E-state index >= 15 is 0 Å². The minimum Gasteiger partial charge on any atom is -0.496 e. The van der Waals surface area contributed by atoms with Gasteiger partial charge in [-0.3, -0.25) is 0 Å². The van der Waals surface area contributed by atoms with Crippen LogP contribution in [0, 0.1) is 0 Å². The lowest BCUT2D eigenvalue weighted by molar-refractivity contribution is 0.411. The molecule has 0 bridgehead atoms. The van der Waals surface area contributed by atoms with Crippen LogP contribution in [-0.4, -0.2) is 22.3 Å². The number of benzene rings is 2. The summed E-state index contributed by atoms with van der Waals surface area (Å²) in [6.07, 6.45) is 0. The van der Waals surface area contributed by atoms with Gasteiger partial charge in [-0.2, -0.15) is 0 Å². The Hall–Kier alpha value is -1.74. The summed E-state index contributed by atoms with van der Waals surface area (Å²) in [6, 6.07) is 12.7. The molecule has 98 valence electrons. The van der Waals surface area contributed by atoms with Crippen LogP contribution >= 0.6 is 0 Å². The molecule has 0 N–H and O–H groups in total. The average Bonchev–Trinajstić information content (AvgIpc) is 2.68. The summed E-state index contributed by atoms with van der Waals surface area (Å²) in [7, 11) is 1.83. The minimum absolute atomic E-state index is 0.946. The zero-order valence-electron chi connectivity index (χ0n) is 11.8. The first-order valence-corrected chi connectivity index (χ1v) is 9.46. The summed E-state index contributed by atoms with van der Waals surface area (Å²) < 4.78 is 11.1. The Kier molecular flexibility index (Phi) is 2.68. The zero-order chi connectivity index (χ0) is 13.6. The number of ether oxygens (including phenoxy) is 2. The van der Waals surface area contributed by atoms with Crippen molar-refractivity contribution in [1.82, 2.24) is 0 Å². The number of rotatable bonds is 2. The van der Waals surface area contributed by atoms with Crippen molar-refractivity contribution >= 4 is 18.4 Å². The van der Waals surface area contributed by atoms with E-state index < -0.39 is 8.07 Å². The number of fused-ring (bicyclic) bond motifs is 3. The third kappa shape index (κ3) is 1.54. The third-order valence-electron chi connectivity index (χ3n) is 4.09. The Bertz CT molecular complexity index is 592. The molecule has 0 spiro atoms. The van der Waals surface area contributed by atoms with E-state index in [0.717, 1.165) is 11.5 Å². The van der Waals surface area contributed by atoms with Crippen LogP contribution in [0.5, 0.6) is 11.5 Å². The molecule has 1 aliphatic heterocycles. The quantitative estimate of drug-likeness (QED) is 0.781. The standard InChI is InChI=1S/C16H18O2Si/c1-17-11-7-5-9-13-15(11)16-12(18-2)8-6-10-14(16)19(13,3)4/h5-10H,1-4H3.